The predicted molar refractivity (Wildman–Crippen MR) is 75.7 cm³/mol. The Hall–Kier alpha value is -1.22. The lowest BCUT2D eigenvalue weighted by Crippen LogP contribution is -2.02. The highest BCUT2D eigenvalue weighted by Crippen LogP contribution is 2.34. The van der Waals surface area contributed by atoms with Gasteiger partial charge in [-0.1, -0.05) is 31.7 Å². The predicted octanol–water partition coefficient (Wildman–Crippen LogP) is 3.71. The summed E-state index contributed by atoms with van der Waals surface area (Å²) in [6.45, 7) is 0. The molecule has 1 unspecified atom stereocenters. The molecule has 2 rings (SSSR count). The fraction of sp³-hybridized carbons (Fsp3) is 0.625. The summed E-state index contributed by atoms with van der Waals surface area (Å²) in [6, 6.07) is 5.64. The van der Waals surface area contributed by atoms with Crippen LogP contribution in [0.5, 0.6) is 11.5 Å². The molecular weight excluding hydrogens is 240 g/mol. The molecule has 0 amide bonds. The van der Waals surface area contributed by atoms with Crippen molar-refractivity contribution in [2.45, 2.75) is 44.6 Å². The number of hydrogen-bond donors (Lipinski definition) is 1. The van der Waals surface area contributed by atoms with Crippen LogP contribution in [0, 0.1) is 5.92 Å². The second kappa shape index (κ2) is 6.80. The lowest BCUT2D eigenvalue weighted by Gasteiger charge is -2.16. The fourth-order valence-electron chi connectivity index (χ4n) is 2.92. The Morgan fingerprint density at radius 2 is 1.84 bits per heavy atom. The molecule has 1 aliphatic carbocycles. The second-order valence-electron chi connectivity index (χ2n) is 5.36. The maximum atomic E-state index is 10.3. The number of aliphatic hydroxyl groups excluding tert-OH is 1. The van der Waals surface area contributed by atoms with Crippen LogP contribution in [-0.4, -0.2) is 19.3 Å². The van der Waals surface area contributed by atoms with Gasteiger partial charge in [0, 0.05) is 0 Å². The molecule has 0 spiro atoms. The van der Waals surface area contributed by atoms with Crippen LogP contribution in [0.3, 0.4) is 0 Å². The molecule has 19 heavy (non-hydrogen) atoms. The van der Waals surface area contributed by atoms with Gasteiger partial charge < -0.3 is 14.6 Å². The lowest BCUT2D eigenvalue weighted by molar-refractivity contribution is 0.156. The first-order valence-corrected chi connectivity index (χ1v) is 7.14. The summed E-state index contributed by atoms with van der Waals surface area (Å²) < 4.78 is 10.5. The number of methoxy groups -OCH3 is 2. The number of aliphatic hydroxyl groups is 1. The van der Waals surface area contributed by atoms with Gasteiger partial charge >= 0.3 is 0 Å². The maximum absolute atomic E-state index is 10.3. The van der Waals surface area contributed by atoms with Gasteiger partial charge in [0.15, 0.2) is 11.5 Å². The minimum absolute atomic E-state index is 0.402. The summed E-state index contributed by atoms with van der Waals surface area (Å²) in [5.74, 6) is 2.20. The van der Waals surface area contributed by atoms with Crippen molar-refractivity contribution in [3.05, 3.63) is 23.8 Å². The van der Waals surface area contributed by atoms with Crippen molar-refractivity contribution in [2.24, 2.45) is 5.92 Å². The first kappa shape index (κ1) is 14.2. The maximum Gasteiger partial charge on any atom is 0.161 e. The molecule has 0 bridgehead atoms. The number of hydrogen-bond acceptors (Lipinski definition) is 3. The molecule has 0 radical (unpaired) electrons. The van der Waals surface area contributed by atoms with Crippen LogP contribution < -0.4 is 9.47 Å². The summed E-state index contributed by atoms with van der Waals surface area (Å²) in [5.41, 5.74) is 0.913. The molecule has 1 saturated carbocycles. The van der Waals surface area contributed by atoms with E-state index in [4.69, 9.17) is 9.47 Å². The highest BCUT2D eigenvalue weighted by molar-refractivity contribution is 5.43. The molecule has 3 nitrogen and oxygen atoms in total. The van der Waals surface area contributed by atoms with Crippen molar-refractivity contribution in [2.75, 3.05) is 14.2 Å². The molecule has 1 aromatic carbocycles. The van der Waals surface area contributed by atoms with E-state index in [0.717, 1.165) is 24.3 Å². The third-order valence-electron chi connectivity index (χ3n) is 4.12. The summed E-state index contributed by atoms with van der Waals surface area (Å²) in [4.78, 5) is 0. The van der Waals surface area contributed by atoms with Crippen molar-refractivity contribution < 1.29 is 14.6 Å². The topological polar surface area (TPSA) is 38.7 Å². The quantitative estimate of drug-likeness (QED) is 0.851. The van der Waals surface area contributed by atoms with E-state index in [-0.39, 0.29) is 0 Å². The Balaban J connectivity index is 1.95. The number of benzene rings is 1. The van der Waals surface area contributed by atoms with Crippen molar-refractivity contribution >= 4 is 0 Å². The highest BCUT2D eigenvalue weighted by Gasteiger charge is 2.18. The van der Waals surface area contributed by atoms with Gasteiger partial charge in [0.2, 0.25) is 0 Å². The summed E-state index contributed by atoms with van der Waals surface area (Å²) in [5, 5.41) is 10.3. The lowest BCUT2D eigenvalue weighted by atomic mass is 9.96. The SMILES string of the molecule is COc1ccc(C(O)CCC2CCCC2)cc1OC. The smallest absolute Gasteiger partial charge is 0.161 e. The van der Waals surface area contributed by atoms with E-state index in [1.807, 2.05) is 18.2 Å². The van der Waals surface area contributed by atoms with E-state index in [0.29, 0.717) is 11.5 Å². The van der Waals surface area contributed by atoms with Crippen molar-refractivity contribution in [1.29, 1.82) is 0 Å². The van der Waals surface area contributed by atoms with Gasteiger partial charge in [0.05, 0.1) is 20.3 Å². The Kier molecular flexibility index (Phi) is 5.08. The zero-order chi connectivity index (χ0) is 13.7. The largest absolute Gasteiger partial charge is 0.493 e. The minimum Gasteiger partial charge on any atom is -0.493 e. The van der Waals surface area contributed by atoms with E-state index in [2.05, 4.69) is 0 Å². The normalized spacial score (nSPS) is 17.4. The van der Waals surface area contributed by atoms with Crippen molar-refractivity contribution in [3.63, 3.8) is 0 Å². The Morgan fingerprint density at radius 3 is 2.47 bits per heavy atom. The standard InChI is InChI=1S/C16H24O3/c1-18-15-10-8-13(11-16(15)19-2)14(17)9-7-12-5-3-4-6-12/h8,10-12,14,17H,3-7,9H2,1-2H3. The second-order valence-corrected chi connectivity index (χ2v) is 5.36. The molecule has 0 saturated heterocycles. The van der Waals surface area contributed by atoms with Crippen molar-refractivity contribution in [1.82, 2.24) is 0 Å². The molecule has 106 valence electrons. The fourth-order valence-corrected chi connectivity index (χ4v) is 2.92. The summed E-state index contributed by atoms with van der Waals surface area (Å²) in [6.07, 6.45) is 6.93. The van der Waals surface area contributed by atoms with Crippen LogP contribution in [0.15, 0.2) is 18.2 Å². The van der Waals surface area contributed by atoms with Crippen LogP contribution in [0.1, 0.15) is 50.2 Å². The van der Waals surface area contributed by atoms with Crippen LogP contribution in [-0.2, 0) is 0 Å². The van der Waals surface area contributed by atoms with E-state index in [1.54, 1.807) is 14.2 Å². The molecule has 1 aliphatic rings. The van der Waals surface area contributed by atoms with Crippen LogP contribution >= 0.6 is 0 Å². The first-order valence-electron chi connectivity index (χ1n) is 7.14. The average molecular weight is 264 g/mol. The van der Waals surface area contributed by atoms with E-state index in [9.17, 15) is 5.11 Å². The zero-order valence-electron chi connectivity index (χ0n) is 11.9. The highest BCUT2D eigenvalue weighted by atomic mass is 16.5. The van der Waals surface area contributed by atoms with Crippen molar-refractivity contribution in [3.8, 4) is 11.5 Å². The zero-order valence-corrected chi connectivity index (χ0v) is 11.9. The average Bonchev–Trinajstić information content (AvgIpc) is 2.97. The molecule has 1 N–H and O–H groups in total. The van der Waals surface area contributed by atoms with E-state index in [1.165, 1.54) is 25.7 Å². The molecular formula is C16H24O3. The molecule has 1 aromatic rings. The van der Waals surface area contributed by atoms with Crippen LogP contribution in [0.25, 0.3) is 0 Å². The molecule has 1 fully saturated rings. The van der Waals surface area contributed by atoms with Gasteiger partial charge in [-0.3, -0.25) is 0 Å². The summed E-state index contributed by atoms with van der Waals surface area (Å²) >= 11 is 0. The Morgan fingerprint density at radius 1 is 1.16 bits per heavy atom. The van der Waals surface area contributed by atoms with Gasteiger partial charge in [-0.25, -0.2) is 0 Å². The number of ether oxygens (including phenoxy) is 2. The van der Waals surface area contributed by atoms with Gasteiger partial charge in [-0.15, -0.1) is 0 Å². The molecule has 0 aromatic heterocycles. The van der Waals surface area contributed by atoms with Gasteiger partial charge in [0.1, 0.15) is 0 Å². The molecule has 3 heteroatoms. The van der Waals surface area contributed by atoms with Crippen LogP contribution in [0.4, 0.5) is 0 Å². The van der Waals surface area contributed by atoms with E-state index < -0.39 is 6.10 Å². The first-order chi connectivity index (χ1) is 9.24. The Labute approximate surface area is 115 Å². The van der Waals surface area contributed by atoms with Crippen LogP contribution in [0.2, 0.25) is 0 Å². The molecule has 1 atom stereocenters. The van der Waals surface area contributed by atoms with Gasteiger partial charge in [0.25, 0.3) is 0 Å². The molecule has 0 aliphatic heterocycles. The third kappa shape index (κ3) is 3.63. The number of rotatable bonds is 6. The summed E-state index contributed by atoms with van der Waals surface area (Å²) in [7, 11) is 3.24. The van der Waals surface area contributed by atoms with E-state index >= 15 is 0 Å². The molecule has 0 heterocycles. The third-order valence-corrected chi connectivity index (χ3v) is 4.12. The monoisotopic (exact) mass is 264 g/mol. The van der Waals surface area contributed by atoms with Gasteiger partial charge in [-0.05, 0) is 36.5 Å². The minimum atomic E-state index is -0.402. The van der Waals surface area contributed by atoms with Gasteiger partial charge in [-0.2, -0.15) is 0 Å². The Bertz CT molecular complexity index is 397.